The van der Waals surface area contributed by atoms with Gasteiger partial charge in [0, 0.05) is 23.2 Å². The smallest absolute Gasteiger partial charge is 0.329 e. The van der Waals surface area contributed by atoms with E-state index in [0.717, 1.165) is 6.07 Å². The number of nitrogens with one attached hydrogen (secondary N) is 2. The normalized spacial score (nSPS) is 13.1. The molecule has 1 aromatic carbocycles. The summed E-state index contributed by atoms with van der Waals surface area (Å²) in [7, 11) is 0. The van der Waals surface area contributed by atoms with Crippen molar-refractivity contribution in [3.05, 3.63) is 39.9 Å². The highest BCUT2D eigenvalue weighted by atomic mass is 32.2. The molecule has 0 aromatic heterocycles. The van der Waals surface area contributed by atoms with E-state index in [1.165, 1.54) is 36.9 Å². The van der Waals surface area contributed by atoms with Crippen molar-refractivity contribution in [1.29, 1.82) is 0 Å². The summed E-state index contributed by atoms with van der Waals surface area (Å²) in [4.78, 5) is 47.4. The summed E-state index contributed by atoms with van der Waals surface area (Å²) in [5, 5.41) is 16.2. The third-order valence-electron chi connectivity index (χ3n) is 3.68. The Kier molecular flexibility index (Phi) is 9.09. The van der Waals surface area contributed by atoms with Gasteiger partial charge in [0.1, 0.15) is 6.04 Å². The van der Waals surface area contributed by atoms with Gasteiger partial charge in [-0.1, -0.05) is 6.07 Å². The Morgan fingerprint density at radius 3 is 2.48 bits per heavy atom. The van der Waals surface area contributed by atoms with Crippen LogP contribution < -0.4 is 10.6 Å². The summed E-state index contributed by atoms with van der Waals surface area (Å²) in [6.45, 7) is 6.87. The van der Waals surface area contributed by atoms with Crippen LogP contribution in [0.15, 0.2) is 24.3 Å². The lowest BCUT2D eigenvalue weighted by Crippen LogP contribution is -2.48. The number of nitrogens with zero attached hydrogens (tertiary/aromatic N) is 1. The number of carbonyl (C=O) groups is 3. The summed E-state index contributed by atoms with van der Waals surface area (Å²) in [6.07, 6.45) is 1.10. The Bertz CT molecular complexity index is 763. The van der Waals surface area contributed by atoms with Crippen LogP contribution >= 0.6 is 11.8 Å². The molecule has 0 aliphatic heterocycles. The van der Waals surface area contributed by atoms with Gasteiger partial charge < -0.3 is 15.4 Å². The predicted octanol–water partition coefficient (Wildman–Crippen LogP) is 2.29. The highest BCUT2D eigenvalue weighted by Crippen LogP contribution is 2.14. The first-order chi connectivity index (χ1) is 13.4. The molecule has 0 heterocycles. The van der Waals surface area contributed by atoms with Crippen LogP contribution in [0.3, 0.4) is 0 Å². The quantitative estimate of drug-likeness (QED) is 0.353. The molecule has 0 aliphatic rings. The Morgan fingerprint density at radius 1 is 1.28 bits per heavy atom. The van der Waals surface area contributed by atoms with Crippen molar-refractivity contribution in [2.75, 3.05) is 12.0 Å². The highest BCUT2D eigenvalue weighted by Gasteiger charge is 2.28. The van der Waals surface area contributed by atoms with E-state index in [2.05, 4.69) is 10.6 Å². The third kappa shape index (κ3) is 8.51. The van der Waals surface area contributed by atoms with Crippen LogP contribution in [0.4, 0.5) is 5.69 Å². The lowest BCUT2D eigenvalue weighted by atomic mass is 10.1. The topological polar surface area (TPSA) is 128 Å². The molecule has 0 bridgehead atoms. The Hall–Kier alpha value is -2.62. The fourth-order valence-electron chi connectivity index (χ4n) is 2.27. The zero-order chi connectivity index (χ0) is 22.2. The van der Waals surface area contributed by atoms with Crippen LogP contribution in [0.25, 0.3) is 0 Å². The second-order valence-electron chi connectivity index (χ2n) is 7.43. The molecule has 1 rings (SSSR count). The van der Waals surface area contributed by atoms with E-state index in [1.54, 1.807) is 20.8 Å². The molecule has 0 saturated carbocycles. The van der Waals surface area contributed by atoms with Gasteiger partial charge in [0.15, 0.2) is 6.10 Å². The molecule has 2 atom stereocenters. The number of nitro benzene ring substituents is 1. The van der Waals surface area contributed by atoms with Gasteiger partial charge in [-0.25, -0.2) is 4.79 Å². The molecule has 0 fully saturated rings. The van der Waals surface area contributed by atoms with Crippen LogP contribution in [0.2, 0.25) is 0 Å². The van der Waals surface area contributed by atoms with Crippen molar-refractivity contribution in [2.45, 2.75) is 51.8 Å². The molecule has 0 unspecified atom stereocenters. The van der Waals surface area contributed by atoms with E-state index in [9.17, 15) is 24.5 Å². The Labute approximate surface area is 174 Å². The van der Waals surface area contributed by atoms with Crippen LogP contribution in [-0.4, -0.2) is 52.4 Å². The highest BCUT2D eigenvalue weighted by molar-refractivity contribution is 7.98. The number of hydrogen-bond acceptors (Lipinski definition) is 7. The van der Waals surface area contributed by atoms with Crippen molar-refractivity contribution in [2.24, 2.45) is 0 Å². The lowest BCUT2D eigenvalue weighted by Gasteiger charge is -2.24. The van der Waals surface area contributed by atoms with Crippen LogP contribution in [0, 0.1) is 10.1 Å². The molecule has 160 valence electrons. The summed E-state index contributed by atoms with van der Waals surface area (Å²) >= 11 is 1.48. The molecule has 9 nitrogen and oxygen atoms in total. The van der Waals surface area contributed by atoms with Gasteiger partial charge in [-0.2, -0.15) is 11.8 Å². The molecule has 2 amide bonds. The van der Waals surface area contributed by atoms with Gasteiger partial charge in [-0.05, 0) is 52.2 Å². The summed E-state index contributed by atoms with van der Waals surface area (Å²) in [5.74, 6) is -1.25. The number of rotatable bonds is 9. The average molecular weight is 426 g/mol. The van der Waals surface area contributed by atoms with E-state index in [-0.39, 0.29) is 17.7 Å². The van der Waals surface area contributed by atoms with Crippen LogP contribution in [0.1, 0.15) is 44.5 Å². The second-order valence-corrected chi connectivity index (χ2v) is 8.42. The number of non-ortho nitro benzene ring substituents is 1. The van der Waals surface area contributed by atoms with E-state index in [4.69, 9.17) is 4.74 Å². The number of ether oxygens (including phenoxy) is 1. The van der Waals surface area contributed by atoms with Gasteiger partial charge in [-0.3, -0.25) is 19.7 Å². The van der Waals surface area contributed by atoms with Gasteiger partial charge in [-0.15, -0.1) is 0 Å². The number of hydrogen-bond donors (Lipinski definition) is 2. The monoisotopic (exact) mass is 425 g/mol. The van der Waals surface area contributed by atoms with E-state index in [1.807, 2.05) is 6.26 Å². The molecule has 0 radical (unpaired) electrons. The number of esters is 1. The summed E-state index contributed by atoms with van der Waals surface area (Å²) in [6, 6.07) is 4.22. The number of amides is 2. The third-order valence-corrected chi connectivity index (χ3v) is 4.32. The maximum absolute atomic E-state index is 12.5. The van der Waals surface area contributed by atoms with Crippen molar-refractivity contribution >= 4 is 35.2 Å². The van der Waals surface area contributed by atoms with Crippen LogP contribution in [0.5, 0.6) is 0 Å². The van der Waals surface area contributed by atoms with Crippen molar-refractivity contribution in [3.63, 3.8) is 0 Å². The zero-order valence-corrected chi connectivity index (χ0v) is 18.0. The van der Waals surface area contributed by atoms with Crippen molar-refractivity contribution < 1.29 is 24.0 Å². The number of carbonyl (C=O) groups excluding carboxylic acids is 3. The number of thioether (sulfide) groups is 1. The maximum atomic E-state index is 12.5. The molecule has 29 heavy (non-hydrogen) atoms. The Morgan fingerprint density at radius 2 is 1.93 bits per heavy atom. The number of nitro groups is 1. The van der Waals surface area contributed by atoms with Gasteiger partial charge in [0.05, 0.1) is 4.92 Å². The van der Waals surface area contributed by atoms with E-state index < -0.39 is 40.4 Å². The molecule has 2 N–H and O–H groups in total. The van der Waals surface area contributed by atoms with Gasteiger partial charge >= 0.3 is 5.97 Å². The van der Waals surface area contributed by atoms with E-state index >= 15 is 0 Å². The molecule has 0 saturated heterocycles. The Balaban J connectivity index is 2.86. The minimum absolute atomic E-state index is 0.0553. The first-order valence-corrected chi connectivity index (χ1v) is 10.4. The average Bonchev–Trinajstić information content (AvgIpc) is 2.63. The standard InChI is InChI=1S/C19H27N3O6S/c1-12(16(23)21-19(2,3)4)28-18(25)15(9-10-29-5)20-17(24)13-7-6-8-14(11-13)22(26)27/h6-8,11-12,15H,9-10H2,1-5H3,(H,20,24)(H,21,23)/t12-,15+/m0/s1. The van der Waals surface area contributed by atoms with Crippen molar-refractivity contribution in [1.82, 2.24) is 10.6 Å². The fourth-order valence-corrected chi connectivity index (χ4v) is 2.74. The molecule has 0 aliphatic carbocycles. The largest absolute Gasteiger partial charge is 0.451 e. The maximum Gasteiger partial charge on any atom is 0.329 e. The zero-order valence-electron chi connectivity index (χ0n) is 17.2. The molecular formula is C19H27N3O6S. The number of benzene rings is 1. The molecule has 10 heteroatoms. The first kappa shape index (κ1) is 24.4. The predicted molar refractivity (Wildman–Crippen MR) is 111 cm³/mol. The summed E-state index contributed by atoms with van der Waals surface area (Å²) in [5.41, 5.74) is -0.653. The lowest BCUT2D eigenvalue weighted by molar-refractivity contribution is -0.384. The molecule has 0 spiro atoms. The van der Waals surface area contributed by atoms with Crippen molar-refractivity contribution in [3.8, 4) is 0 Å². The van der Waals surface area contributed by atoms with E-state index in [0.29, 0.717) is 5.75 Å². The minimum atomic E-state index is -1.03. The minimum Gasteiger partial charge on any atom is -0.451 e. The van der Waals surface area contributed by atoms with Crippen LogP contribution in [-0.2, 0) is 14.3 Å². The first-order valence-electron chi connectivity index (χ1n) is 9.01. The van der Waals surface area contributed by atoms with Gasteiger partial charge in [0.2, 0.25) is 0 Å². The SMILES string of the molecule is CSCC[C@@H](NC(=O)c1cccc([N+](=O)[O-])c1)C(=O)O[C@@H](C)C(=O)NC(C)(C)C. The fraction of sp³-hybridized carbons (Fsp3) is 0.526. The molecular weight excluding hydrogens is 398 g/mol. The molecule has 1 aromatic rings. The second kappa shape index (κ2) is 10.8. The van der Waals surface area contributed by atoms with Gasteiger partial charge in [0.25, 0.3) is 17.5 Å². The summed E-state index contributed by atoms with van der Waals surface area (Å²) < 4.78 is 5.23.